The zero-order chi connectivity index (χ0) is 16.9. The summed E-state index contributed by atoms with van der Waals surface area (Å²) in [7, 11) is 3.16. The molecule has 0 saturated carbocycles. The second-order valence-electron chi connectivity index (χ2n) is 5.87. The Bertz CT molecular complexity index is 544. The lowest BCUT2D eigenvalue weighted by atomic mass is 10.1. The van der Waals surface area contributed by atoms with Crippen molar-refractivity contribution in [2.24, 2.45) is 0 Å². The minimum absolute atomic E-state index is 0.000200. The van der Waals surface area contributed by atoms with Crippen molar-refractivity contribution in [1.29, 1.82) is 0 Å². The summed E-state index contributed by atoms with van der Waals surface area (Å²) in [5.74, 6) is 1.24. The molecule has 2 aliphatic rings. The van der Waals surface area contributed by atoms with Crippen LogP contribution in [0.1, 0.15) is 10.4 Å². The van der Waals surface area contributed by atoms with Gasteiger partial charge in [-0.2, -0.15) is 0 Å². The van der Waals surface area contributed by atoms with Crippen molar-refractivity contribution in [2.75, 3.05) is 60.2 Å². The van der Waals surface area contributed by atoms with E-state index >= 15 is 0 Å². The van der Waals surface area contributed by atoms with Crippen LogP contribution in [0.3, 0.4) is 0 Å². The van der Waals surface area contributed by atoms with Crippen LogP contribution in [0.4, 0.5) is 0 Å². The molecule has 0 unspecified atom stereocenters. The molecule has 0 radical (unpaired) electrons. The van der Waals surface area contributed by atoms with Gasteiger partial charge in [-0.25, -0.2) is 0 Å². The summed E-state index contributed by atoms with van der Waals surface area (Å²) < 4.78 is 21.4. The molecule has 24 heavy (non-hydrogen) atoms. The van der Waals surface area contributed by atoms with Gasteiger partial charge in [-0.3, -0.25) is 9.69 Å². The van der Waals surface area contributed by atoms with Crippen LogP contribution in [0.5, 0.6) is 11.5 Å². The summed E-state index contributed by atoms with van der Waals surface area (Å²) in [6, 6.07) is 5.26. The first kappa shape index (κ1) is 17.0. The normalized spacial score (nSPS) is 19.5. The van der Waals surface area contributed by atoms with Gasteiger partial charge in [0.15, 0.2) is 6.29 Å². The molecule has 0 bridgehead atoms. The Balaban J connectivity index is 1.58. The van der Waals surface area contributed by atoms with Gasteiger partial charge in [0.25, 0.3) is 5.91 Å². The quantitative estimate of drug-likeness (QED) is 0.794. The Kier molecular flexibility index (Phi) is 5.55. The standard InChI is InChI=1S/C17H24N2O5/c1-21-14-9-13(10-15(11-14)22-2)17(20)19-5-3-18(4-6-19)12-16-23-7-8-24-16/h9-11,16H,3-8,12H2,1-2H3. The van der Waals surface area contributed by atoms with Gasteiger partial charge in [-0.1, -0.05) is 0 Å². The number of hydrogen-bond donors (Lipinski definition) is 0. The van der Waals surface area contributed by atoms with Gasteiger partial charge in [0.05, 0.1) is 27.4 Å². The number of hydrogen-bond acceptors (Lipinski definition) is 6. The highest BCUT2D eigenvalue weighted by Crippen LogP contribution is 2.24. The molecule has 2 heterocycles. The topological polar surface area (TPSA) is 60.5 Å². The summed E-state index contributed by atoms with van der Waals surface area (Å²) in [5.41, 5.74) is 0.585. The van der Waals surface area contributed by atoms with Gasteiger partial charge >= 0.3 is 0 Å². The van der Waals surface area contributed by atoms with Crippen molar-refractivity contribution >= 4 is 5.91 Å². The summed E-state index contributed by atoms with van der Waals surface area (Å²) in [5, 5.41) is 0. The Morgan fingerprint density at radius 1 is 1.04 bits per heavy atom. The van der Waals surface area contributed by atoms with E-state index in [-0.39, 0.29) is 12.2 Å². The summed E-state index contributed by atoms with van der Waals surface area (Å²) >= 11 is 0. The van der Waals surface area contributed by atoms with Crippen molar-refractivity contribution in [2.45, 2.75) is 6.29 Å². The molecular formula is C17H24N2O5. The van der Waals surface area contributed by atoms with E-state index in [1.165, 1.54) is 0 Å². The molecule has 2 saturated heterocycles. The van der Waals surface area contributed by atoms with Crippen molar-refractivity contribution < 1.29 is 23.7 Å². The minimum Gasteiger partial charge on any atom is -0.497 e. The van der Waals surface area contributed by atoms with Crippen LogP contribution in [0.25, 0.3) is 0 Å². The highest BCUT2D eigenvalue weighted by atomic mass is 16.7. The maximum absolute atomic E-state index is 12.7. The molecule has 2 fully saturated rings. The lowest BCUT2D eigenvalue weighted by Gasteiger charge is -2.35. The van der Waals surface area contributed by atoms with Gasteiger partial charge in [0, 0.05) is 44.4 Å². The number of amides is 1. The Labute approximate surface area is 142 Å². The number of piperazine rings is 1. The van der Waals surface area contributed by atoms with Crippen LogP contribution in [-0.2, 0) is 9.47 Å². The molecular weight excluding hydrogens is 312 g/mol. The number of ether oxygens (including phenoxy) is 4. The van der Waals surface area contributed by atoms with Crippen LogP contribution in [0, 0.1) is 0 Å². The zero-order valence-electron chi connectivity index (χ0n) is 14.2. The number of benzene rings is 1. The van der Waals surface area contributed by atoms with E-state index < -0.39 is 0 Å². The molecule has 2 aliphatic heterocycles. The molecule has 0 atom stereocenters. The molecule has 0 aliphatic carbocycles. The first-order valence-electron chi connectivity index (χ1n) is 8.17. The van der Waals surface area contributed by atoms with E-state index in [0.717, 1.165) is 19.6 Å². The molecule has 7 heteroatoms. The van der Waals surface area contributed by atoms with Crippen molar-refractivity contribution in [1.82, 2.24) is 9.80 Å². The number of carbonyl (C=O) groups is 1. The predicted octanol–water partition coefficient (Wildman–Crippen LogP) is 0.835. The molecule has 3 rings (SSSR count). The first-order chi connectivity index (χ1) is 11.7. The van der Waals surface area contributed by atoms with Crippen molar-refractivity contribution in [3.05, 3.63) is 23.8 Å². The fraction of sp³-hybridized carbons (Fsp3) is 0.588. The molecule has 7 nitrogen and oxygen atoms in total. The first-order valence-corrected chi connectivity index (χ1v) is 8.17. The van der Waals surface area contributed by atoms with Gasteiger partial charge < -0.3 is 23.8 Å². The molecule has 0 spiro atoms. The van der Waals surface area contributed by atoms with Crippen LogP contribution >= 0.6 is 0 Å². The van der Waals surface area contributed by atoms with E-state index in [0.29, 0.717) is 43.4 Å². The smallest absolute Gasteiger partial charge is 0.254 e. The Morgan fingerprint density at radius 3 is 2.17 bits per heavy atom. The number of carbonyl (C=O) groups excluding carboxylic acids is 1. The maximum Gasteiger partial charge on any atom is 0.254 e. The van der Waals surface area contributed by atoms with Crippen molar-refractivity contribution in [3.63, 3.8) is 0 Å². The average Bonchev–Trinajstić information content (AvgIpc) is 3.14. The van der Waals surface area contributed by atoms with E-state index in [1.54, 1.807) is 32.4 Å². The Morgan fingerprint density at radius 2 is 1.62 bits per heavy atom. The predicted molar refractivity (Wildman–Crippen MR) is 87.6 cm³/mol. The third kappa shape index (κ3) is 3.98. The lowest BCUT2D eigenvalue weighted by molar-refractivity contribution is -0.0664. The number of methoxy groups -OCH3 is 2. The molecule has 1 amide bonds. The molecule has 1 aromatic rings. The fourth-order valence-corrected chi connectivity index (χ4v) is 2.97. The SMILES string of the molecule is COc1cc(OC)cc(C(=O)N2CCN(CC3OCCO3)CC2)c1. The van der Waals surface area contributed by atoms with Crippen LogP contribution in [0.2, 0.25) is 0 Å². The number of nitrogens with zero attached hydrogens (tertiary/aromatic N) is 2. The highest BCUT2D eigenvalue weighted by Gasteiger charge is 2.26. The molecule has 132 valence electrons. The molecule has 0 aromatic heterocycles. The monoisotopic (exact) mass is 336 g/mol. The van der Waals surface area contributed by atoms with Gasteiger partial charge in [0.2, 0.25) is 0 Å². The van der Waals surface area contributed by atoms with E-state index in [4.69, 9.17) is 18.9 Å². The van der Waals surface area contributed by atoms with Crippen molar-refractivity contribution in [3.8, 4) is 11.5 Å². The van der Waals surface area contributed by atoms with Crippen LogP contribution < -0.4 is 9.47 Å². The largest absolute Gasteiger partial charge is 0.497 e. The van der Waals surface area contributed by atoms with Gasteiger partial charge in [0.1, 0.15) is 11.5 Å². The fourth-order valence-electron chi connectivity index (χ4n) is 2.97. The Hall–Kier alpha value is -1.83. The number of rotatable bonds is 5. The van der Waals surface area contributed by atoms with Gasteiger partial charge in [-0.15, -0.1) is 0 Å². The van der Waals surface area contributed by atoms with E-state index in [9.17, 15) is 4.79 Å². The minimum atomic E-state index is -0.130. The van der Waals surface area contributed by atoms with Gasteiger partial charge in [-0.05, 0) is 12.1 Å². The zero-order valence-corrected chi connectivity index (χ0v) is 14.2. The highest BCUT2D eigenvalue weighted by molar-refractivity contribution is 5.95. The van der Waals surface area contributed by atoms with E-state index in [2.05, 4.69) is 4.90 Å². The lowest BCUT2D eigenvalue weighted by Crippen LogP contribution is -2.50. The summed E-state index contributed by atoms with van der Waals surface area (Å²) in [6.07, 6.45) is -0.130. The third-order valence-electron chi connectivity index (χ3n) is 4.36. The second kappa shape index (κ2) is 7.83. The maximum atomic E-state index is 12.7. The summed E-state index contributed by atoms with van der Waals surface area (Å²) in [6.45, 7) is 5.10. The summed E-state index contributed by atoms with van der Waals surface area (Å²) in [4.78, 5) is 16.9. The van der Waals surface area contributed by atoms with Crippen LogP contribution in [0.15, 0.2) is 18.2 Å². The third-order valence-corrected chi connectivity index (χ3v) is 4.36. The second-order valence-corrected chi connectivity index (χ2v) is 5.87. The molecule has 0 N–H and O–H groups in total. The van der Waals surface area contributed by atoms with E-state index in [1.807, 2.05) is 4.90 Å². The average molecular weight is 336 g/mol. The molecule has 1 aromatic carbocycles. The van der Waals surface area contributed by atoms with Crippen LogP contribution in [-0.4, -0.2) is 82.2 Å².